The SMILES string of the molecule is c1ccc(-c2ccc(-c3c4ccc(-c5ccc6ccc7ncccc7c6n5)cc4c(-c4ccc(-c5ccccc5)cc4)c4ccc(-c5ccc6ccc7ncccc7c6n5)cc34)cc2)cc1. The van der Waals surface area contributed by atoms with Gasteiger partial charge in [0.15, 0.2) is 0 Å². The van der Waals surface area contributed by atoms with Crippen LogP contribution in [-0.2, 0) is 0 Å². The van der Waals surface area contributed by atoms with Crippen molar-refractivity contribution in [2.24, 2.45) is 0 Å². The highest BCUT2D eigenvalue weighted by Gasteiger charge is 2.20. The van der Waals surface area contributed by atoms with Gasteiger partial charge in [0.05, 0.1) is 33.5 Å². The Bertz CT molecular complexity index is 3750. The minimum atomic E-state index is 0.917. The molecule has 66 heavy (non-hydrogen) atoms. The largest absolute Gasteiger partial charge is 0.256 e. The zero-order chi connectivity index (χ0) is 43.6. The Morgan fingerprint density at radius 2 is 0.621 bits per heavy atom. The normalized spacial score (nSPS) is 11.6. The van der Waals surface area contributed by atoms with Crippen molar-refractivity contribution in [2.45, 2.75) is 0 Å². The lowest BCUT2D eigenvalue weighted by atomic mass is 9.84. The van der Waals surface area contributed by atoms with Crippen molar-refractivity contribution in [3.05, 3.63) is 231 Å². The molecule has 0 aliphatic rings. The molecule has 0 radical (unpaired) electrons. The van der Waals surface area contributed by atoms with Crippen LogP contribution in [0.5, 0.6) is 0 Å². The summed E-state index contributed by atoms with van der Waals surface area (Å²) in [5, 5.41) is 8.92. The van der Waals surface area contributed by atoms with Gasteiger partial charge in [0.25, 0.3) is 0 Å². The third kappa shape index (κ3) is 6.38. The summed E-state index contributed by atoms with van der Waals surface area (Å²) in [7, 11) is 0. The van der Waals surface area contributed by atoms with E-state index in [-0.39, 0.29) is 0 Å². The molecule has 0 spiro atoms. The second-order valence-electron chi connectivity index (χ2n) is 17.0. The van der Waals surface area contributed by atoms with E-state index in [9.17, 15) is 0 Å². The van der Waals surface area contributed by atoms with Crippen LogP contribution in [0.15, 0.2) is 231 Å². The van der Waals surface area contributed by atoms with Crippen molar-refractivity contribution in [1.82, 2.24) is 19.9 Å². The maximum Gasteiger partial charge on any atom is 0.0803 e. The minimum absolute atomic E-state index is 0.917. The Hall–Kier alpha value is -8.86. The third-order valence-corrected chi connectivity index (χ3v) is 13.2. The molecule has 0 aliphatic heterocycles. The molecule has 4 nitrogen and oxygen atoms in total. The Labute approximate surface area is 381 Å². The van der Waals surface area contributed by atoms with E-state index in [1.165, 1.54) is 33.4 Å². The lowest BCUT2D eigenvalue weighted by molar-refractivity contribution is 1.39. The fourth-order valence-corrected chi connectivity index (χ4v) is 9.89. The highest BCUT2D eigenvalue weighted by Crippen LogP contribution is 2.47. The van der Waals surface area contributed by atoms with Crippen molar-refractivity contribution in [3.63, 3.8) is 0 Å². The third-order valence-electron chi connectivity index (χ3n) is 13.2. The van der Waals surface area contributed by atoms with E-state index >= 15 is 0 Å². The van der Waals surface area contributed by atoms with Gasteiger partial charge in [-0.05, 0) is 127 Å². The van der Waals surface area contributed by atoms with E-state index in [4.69, 9.17) is 9.97 Å². The van der Waals surface area contributed by atoms with Gasteiger partial charge in [-0.3, -0.25) is 9.97 Å². The van der Waals surface area contributed by atoms with Gasteiger partial charge in [0.1, 0.15) is 0 Å². The van der Waals surface area contributed by atoms with Crippen LogP contribution in [0.2, 0.25) is 0 Å². The lowest BCUT2D eigenvalue weighted by Crippen LogP contribution is -1.94. The number of fused-ring (bicyclic) bond motifs is 8. The van der Waals surface area contributed by atoms with Crippen LogP contribution in [0.25, 0.3) is 132 Å². The number of benzene rings is 9. The number of nitrogens with zero attached hydrogens (tertiary/aromatic N) is 4. The van der Waals surface area contributed by atoms with Gasteiger partial charge < -0.3 is 0 Å². The predicted octanol–water partition coefficient (Wildman–Crippen LogP) is 16.2. The van der Waals surface area contributed by atoms with Crippen LogP contribution in [0.1, 0.15) is 0 Å². The van der Waals surface area contributed by atoms with Crippen molar-refractivity contribution in [1.29, 1.82) is 0 Å². The van der Waals surface area contributed by atoms with Crippen molar-refractivity contribution < 1.29 is 0 Å². The summed E-state index contributed by atoms with van der Waals surface area (Å²) >= 11 is 0. The molecule has 13 aromatic rings. The fourth-order valence-electron chi connectivity index (χ4n) is 9.89. The Balaban J connectivity index is 1.08. The summed E-state index contributed by atoms with van der Waals surface area (Å²) in [4.78, 5) is 20.0. The van der Waals surface area contributed by atoms with Crippen molar-refractivity contribution >= 4 is 65.2 Å². The van der Waals surface area contributed by atoms with Gasteiger partial charge in [0.2, 0.25) is 0 Å². The van der Waals surface area contributed by atoms with E-state index in [0.29, 0.717) is 0 Å². The summed E-state index contributed by atoms with van der Waals surface area (Å²) in [6.45, 7) is 0. The molecule has 4 heterocycles. The average Bonchev–Trinajstić information content (AvgIpc) is 3.40. The number of rotatable bonds is 6. The van der Waals surface area contributed by atoms with Gasteiger partial charge in [-0.15, -0.1) is 0 Å². The molecule has 0 unspecified atom stereocenters. The van der Waals surface area contributed by atoms with Crippen molar-refractivity contribution in [3.8, 4) is 67.0 Å². The van der Waals surface area contributed by atoms with E-state index in [1.54, 1.807) is 0 Å². The van der Waals surface area contributed by atoms with Gasteiger partial charge in [-0.25, -0.2) is 9.97 Å². The maximum absolute atomic E-state index is 5.34. The fraction of sp³-hybridized carbons (Fsp3) is 0. The van der Waals surface area contributed by atoms with Crippen LogP contribution >= 0.6 is 0 Å². The molecule has 0 saturated carbocycles. The molecule has 0 aliphatic carbocycles. The molecule has 4 aromatic heterocycles. The molecular formula is C62H38N4. The van der Waals surface area contributed by atoms with Gasteiger partial charge in [0, 0.05) is 45.1 Å². The summed E-state index contributed by atoms with van der Waals surface area (Å²) in [6, 6.07) is 78.3. The molecule has 306 valence electrons. The first-order valence-corrected chi connectivity index (χ1v) is 22.4. The summed E-state index contributed by atoms with van der Waals surface area (Å²) < 4.78 is 0. The zero-order valence-electron chi connectivity index (χ0n) is 35.7. The van der Waals surface area contributed by atoms with Crippen LogP contribution in [-0.4, -0.2) is 19.9 Å². The smallest absolute Gasteiger partial charge is 0.0803 e. The molecule has 9 aromatic carbocycles. The number of hydrogen-bond donors (Lipinski definition) is 0. The number of aromatic nitrogens is 4. The zero-order valence-corrected chi connectivity index (χ0v) is 35.7. The summed E-state index contributed by atoms with van der Waals surface area (Å²) in [5.41, 5.74) is 17.1. The first-order chi connectivity index (χ1) is 32.7. The molecule has 0 atom stereocenters. The second kappa shape index (κ2) is 15.4. The van der Waals surface area contributed by atoms with E-state index < -0.39 is 0 Å². The second-order valence-corrected chi connectivity index (χ2v) is 17.0. The molecule has 0 bridgehead atoms. The number of hydrogen-bond acceptors (Lipinski definition) is 4. The monoisotopic (exact) mass is 838 g/mol. The van der Waals surface area contributed by atoms with E-state index in [1.807, 2.05) is 24.5 Å². The quantitative estimate of drug-likeness (QED) is 0.124. The Morgan fingerprint density at radius 3 is 1.06 bits per heavy atom. The maximum atomic E-state index is 5.34. The Kier molecular flexibility index (Phi) is 8.81. The van der Waals surface area contributed by atoms with Gasteiger partial charge in [-0.1, -0.05) is 158 Å². The molecule has 13 rings (SSSR count). The molecular weight excluding hydrogens is 801 g/mol. The van der Waals surface area contributed by atoms with E-state index in [0.717, 1.165) is 98.8 Å². The number of pyridine rings is 4. The molecule has 0 fully saturated rings. The topological polar surface area (TPSA) is 51.6 Å². The lowest BCUT2D eigenvalue weighted by Gasteiger charge is -2.20. The Morgan fingerprint density at radius 1 is 0.242 bits per heavy atom. The highest BCUT2D eigenvalue weighted by molar-refractivity contribution is 6.22. The highest BCUT2D eigenvalue weighted by atomic mass is 14.7. The first-order valence-electron chi connectivity index (χ1n) is 22.4. The van der Waals surface area contributed by atoms with Crippen molar-refractivity contribution in [2.75, 3.05) is 0 Å². The van der Waals surface area contributed by atoms with Crippen LogP contribution in [0.3, 0.4) is 0 Å². The summed E-state index contributed by atoms with van der Waals surface area (Å²) in [5.74, 6) is 0. The van der Waals surface area contributed by atoms with Crippen LogP contribution in [0.4, 0.5) is 0 Å². The van der Waals surface area contributed by atoms with Crippen LogP contribution in [0, 0.1) is 0 Å². The first kappa shape index (κ1) is 37.7. The van der Waals surface area contributed by atoms with Gasteiger partial charge in [-0.2, -0.15) is 0 Å². The minimum Gasteiger partial charge on any atom is -0.256 e. The standard InChI is InChI=1S/C62H38N4/c1-3-9-39(10-4-1)41-15-19-43(20-16-41)59-49-29-23-48(56-32-26-46-28-34-58-52(62(46)66-56)14-8-36-64-58)38-54(49)60(44-21-17-42(18-22-44)40-11-5-2-6-12-40)50-30-24-47(37-53(50)59)55-31-25-45-27-33-57-51(61(45)65-55)13-7-35-63-57/h1-38H. The molecule has 4 heteroatoms. The van der Waals surface area contributed by atoms with Gasteiger partial charge >= 0.3 is 0 Å². The summed E-state index contributed by atoms with van der Waals surface area (Å²) in [6.07, 6.45) is 3.68. The molecule has 0 saturated heterocycles. The average molecular weight is 839 g/mol. The van der Waals surface area contributed by atoms with E-state index in [2.05, 4.69) is 216 Å². The predicted molar refractivity (Wildman–Crippen MR) is 275 cm³/mol. The molecule has 0 amide bonds. The molecule has 0 N–H and O–H groups in total. The van der Waals surface area contributed by atoms with Crippen LogP contribution < -0.4 is 0 Å².